The molecule has 5 heteroatoms. The summed E-state index contributed by atoms with van der Waals surface area (Å²) < 4.78 is 0. The maximum Gasteiger partial charge on any atom is 0.261 e. The molecule has 4 rings (SSSR count). The minimum absolute atomic E-state index is 0.0892. The van der Waals surface area contributed by atoms with Crippen LogP contribution in [-0.4, -0.2) is 34.4 Å². The van der Waals surface area contributed by atoms with Gasteiger partial charge in [-0.3, -0.25) is 14.7 Å². The number of likely N-dealkylation sites (tertiary alicyclic amines) is 1. The number of amides is 1. The number of fused-ring (bicyclic) bond motifs is 2. The highest BCUT2D eigenvalue weighted by molar-refractivity contribution is 7.12. The first kappa shape index (κ1) is 13.9. The van der Waals surface area contributed by atoms with Crippen molar-refractivity contribution in [2.75, 3.05) is 6.54 Å². The Balaban J connectivity index is 1.35. The highest BCUT2D eigenvalue weighted by Gasteiger charge is 2.44. The Morgan fingerprint density at radius 1 is 1.36 bits per heavy atom. The normalized spacial score (nSPS) is 27.2. The SMILES string of the molecule is O=C(N[C@H]1C[C@H]2C[C@H]1CN2Cc1cccnc1)c1cccs1. The lowest BCUT2D eigenvalue weighted by Crippen LogP contribution is -2.45. The van der Waals surface area contributed by atoms with Crippen molar-refractivity contribution in [2.45, 2.75) is 31.5 Å². The first-order chi connectivity index (χ1) is 10.8. The third kappa shape index (κ3) is 2.66. The van der Waals surface area contributed by atoms with Crippen LogP contribution >= 0.6 is 11.3 Å². The number of aromatic nitrogens is 1. The number of rotatable bonds is 4. The topological polar surface area (TPSA) is 45.2 Å². The van der Waals surface area contributed by atoms with Gasteiger partial charge in [0.1, 0.15) is 0 Å². The van der Waals surface area contributed by atoms with Gasteiger partial charge in [0.05, 0.1) is 4.88 Å². The van der Waals surface area contributed by atoms with E-state index in [0.717, 1.165) is 24.4 Å². The van der Waals surface area contributed by atoms with Crippen molar-refractivity contribution < 1.29 is 4.79 Å². The molecule has 1 N–H and O–H groups in total. The molecule has 2 aromatic rings. The lowest BCUT2D eigenvalue weighted by molar-refractivity contribution is 0.0908. The van der Waals surface area contributed by atoms with E-state index in [1.54, 1.807) is 0 Å². The van der Waals surface area contributed by atoms with Crippen LogP contribution in [0.2, 0.25) is 0 Å². The van der Waals surface area contributed by atoms with Crippen LogP contribution in [0.4, 0.5) is 0 Å². The third-order valence-electron chi connectivity index (χ3n) is 4.83. The van der Waals surface area contributed by atoms with Crippen LogP contribution in [0.15, 0.2) is 42.0 Å². The van der Waals surface area contributed by atoms with E-state index in [4.69, 9.17) is 0 Å². The van der Waals surface area contributed by atoms with Crippen LogP contribution in [0.5, 0.6) is 0 Å². The Hall–Kier alpha value is -1.72. The van der Waals surface area contributed by atoms with Crippen LogP contribution < -0.4 is 5.32 Å². The molecule has 3 atom stereocenters. The fraction of sp³-hybridized carbons (Fsp3) is 0.412. The van der Waals surface area contributed by atoms with Crippen molar-refractivity contribution in [3.05, 3.63) is 52.5 Å². The van der Waals surface area contributed by atoms with Gasteiger partial charge in [-0.15, -0.1) is 11.3 Å². The van der Waals surface area contributed by atoms with Gasteiger partial charge in [-0.25, -0.2) is 0 Å². The number of nitrogens with zero attached hydrogens (tertiary/aromatic N) is 2. The van der Waals surface area contributed by atoms with Crippen molar-refractivity contribution in [1.29, 1.82) is 0 Å². The predicted octanol–water partition coefficient (Wildman–Crippen LogP) is 2.54. The van der Waals surface area contributed by atoms with E-state index in [1.165, 1.54) is 23.3 Å². The number of carbonyl (C=O) groups excluding carboxylic acids is 1. The molecule has 0 unspecified atom stereocenters. The van der Waals surface area contributed by atoms with Gasteiger partial charge in [-0.2, -0.15) is 0 Å². The molecule has 2 bridgehead atoms. The quantitative estimate of drug-likeness (QED) is 0.943. The van der Waals surface area contributed by atoms with E-state index in [0.29, 0.717) is 18.0 Å². The number of pyridine rings is 1. The second kappa shape index (κ2) is 5.82. The van der Waals surface area contributed by atoms with Crippen LogP contribution in [0, 0.1) is 5.92 Å². The Morgan fingerprint density at radius 2 is 2.32 bits per heavy atom. The zero-order chi connectivity index (χ0) is 14.9. The number of hydrogen-bond acceptors (Lipinski definition) is 4. The molecule has 2 fully saturated rings. The average molecular weight is 313 g/mol. The highest BCUT2D eigenvalue weighted by Crippen LogP contribution is 2.38. The molecule has 1 saturated carbocycles. The predicted molar refractivity (Wildman–Crippen MR) is 86.7 cm³/mol. The molecule has 2 aliphatic rings. The fourth-order valence-corrected chi connectivity index (χ4v) is 4.42. The van der Waals surface area contributed by atoms with E-state index in [-0.39, 0.29) is 5.91 Å². The maximum atomic E-state index is 12.2. The number of nitrogens with one attached hydrogen (secondary N) is 1. The molecule has 114 valence electrons. The molecule has 2 aromatic heterocycles. The maximum absolute atomic E-state index is 12.2. The Kier molecular flexibility index (Phi) is 3.68. The lowest BCUT2D eigenvalue weighted by Gasteiger charge is -2.31. The summed E-state index contributed by atoms with van der Waals surface area (Å²) in [6.45, 7) is 2.05. The zero-order valence-electron chi connectivity index (χ0n) is 12.3. The van der Waals surface area contributed by atoms with E-state index >= 15 is 0 Å². The molecule has 22 heavy (non-hydrogen) atoms. The minimum Gasteiger partial charge on any atom is -0.348 e. The summed E-state index contributed by atoms with van der Waals surface area (Å²) in [5.74, 6) is 0.678. The van der Waals surface area contributed by atoms with Crippen LogP contribution in [0.25, 0.3) is 0 Å². The molecule has 1 aliphatic heterocycles. The summed E-state index contributed by atoms with van der Waals surface area (Å²) in [6, 6.07) is 8.88. The molecule has 0 radical (unpaired) electrons. The molecule has 1 aliphatic carbocycles. The standard InChI is InChI=1S/C17H19N3OS/c21-17(16-4-2-6-22-16)19-15-8-14-7-13(15)11-20(14)10-12-3-1-5-18-9-12/h1-6,9,13-15H,7-8,10-11H2,(H,19,21)/t13-,14+,15-/m0/s1. The molecule has 0 spiro atoms. The number of piperidine rings is 1. The van der Waals surface area contributed by atoms with Gasteiger partial charge in [-0.1, -0.05) is 12.1 Å². The van der Waals surface area contributed by atoms with Crippen molar-refractivity contribution in [2.24, 2.45) is 5.92 Å². The van der Waals surface area contributed by atoms with Crippen molar-refractivity contribution >= 4 is 17.2 Å². The smallest absolute Gasteiger partial charge is 0.261 e. The largest absolute Gasteiger partial charge is 0.348 e. The first-order valence-corrected chi connectivity index (χ1v) is 8.65. The van der Waals surface area contributed by atoms with E-state index < -0.39 is 0 Å². The van der Waals surface area contributed by atoms with Gasteiger partial charge in [0.25, 0.3) is 5.91 Å². The minimum atomic E-state index is 0.0892. The third-order valence-corrected chi connectivity index (χ3v) is 5.69. The lowest BCUT2D eigenvalue weighted by atomic mass is 10.0. The molecule has 4 nitrogen and oxygen atoms in total. The van der Waals surface area contributed by atoms with Gasteiger partial charge in [0.2, 0.25) is 0 Å². The van der Waals surface area contributed by atoms with Crippen molar-refractivity contribution in [1.82, 2.24) is 15.2 Å². The Labute approximate surface area is 134 Å². The fourth-order valence-electron chi connectivity index (χ4n) is 3.79. The van der Waals surface area contributed by atoms with Gasteiger partial charge in [-0.05, 0) is 41.8 Å². The number of thiophene rings is 1. The van der Waals surface area contributed by atoms with Gasteiger partial charge < -0.3 is 5.32 Å². The van der Waals surface area contributed by atoms with Crippen LogP contribution in [-0.2, 0) is 6.54 Å². The number of carbonyl (C=O) groups is 1. The second-order valence-electron chi connectivity index (χ2n) is 6.23. The average Bonchev–Trinajstić information content (AvgIpc) is 3.24. The van der Waals surface area contributed by atoms with Gasteiger partial charge >= 0.3 is 0 Å². The van der Waals surface area contributed by atoms with Gasteiger partial charge in [0, 0.05) is 37.6 Å². The summed E-state index contributed by atoms with van der Waals surface area (Å²) in [4.78, 5) is 19.7. The summed E-state index contributed by atoms with van der Waals surface area (Å²) in [6.07, 6.45) is 6.04. The summed E-state index contributed by atoms with van der Waals surface area (Å²) >= 11 is 1.51. The summed E-state index contributed by atoms with van der Waals surface area (Å²) in [5.41, 5.74) is 1.27. The summed E-state index contributed by atoms with van der Waals surface area (Å²) in [5, 5.41) is 5.18. The first-order valence-electron chi connectivity index (χ1n) is 7.77. The van der Waals surface area contributed by atoms with E-state index in [2.05, 4.69) is 21.3 Å². The monoisotopic (exact) mass is 313 g/mol. The van der Waals surface area contributed by atoms with Crippen LogP contribution in [0.3, 0.4) is 0 Å². The van der Waals surface area contributed by atoms with E-state index in [1.807, 2.05) is 36.0 Å². The van der Waals surface area contributed by atoms with Gasteiger partial charge in [0.15, 0.2) is 0 Å². The highest BCUT2D eigenvalue weighted by atomic mass is 32.1. The van der Waals surface area contributed by atoms with Crippen molar-refractivity contribution in [3.8, 4) is 0 Å². The van der Waals surface area contributed by atoms with E-state index in [9.17, 15) is 4.79 Å². The Morgan fingerprint density at radius 3 is 3.00 bits per heavy atom. The molecule has 1 saturated heterocycles. The summed E-state index contributed by atoms with van der Waals surface area (Å²) in [7, 11) is 0. The Bertz CT molecular complexity index is 643. The second-order valence-corrected chi connectivity index (χ2v) is 7.18. The zero-order valence-corrected chi connectivity index (χ0v) is 13.1. The molecule has 1 amide bonds. The molecular formula is C17H19N3OS. The van der Waals surface area contributed by atoms with Crippen molar-refractivity contribution in [3.63, 3.8) is 0 Å². The van der Waals surface area contributed by atoms with Crippen LogP contribution in [0.1, 0.15) is 28.1 Å². The molecular weight excluding hydrogens is 294 g/mol. The molecule has 3 heterocycles. The molecule has 0 aromatic carbocycles. The number of hydrogen-bond donors (Lipinski definition) is 1.